The Bertz CT molecular complexity index is 933. The van der Waals surface area contributed by atoms with Crippen molar-refractivity contribution >= 4 is 13.8 Å². The molecule has 0 aromatic carbocycles. The third-order valence-corrected chi connectivity index (χ3v) is 12.2. The van der Waals surface area contributed by atoms with Gasteiger partial charge in [0.1, 0.15) is 12.2 Å². The fourth-order valence-electron chi connectivity index (χ4n) is 7.35. The highest BCUT2D eigenvalue weighted by molar-refractivity contribution is 7.47. The van der Waals surface area contributed by atoms with Crippen LogP contribution in [0.15, 0.2) is 12.2 Å². The number of hydrogen-bond donors (Lipinski definition) is 3. The zero-order chi connectivity index (χ0) is 43.2. The average Bonchev–Trinajstić information content (AvgIpc) is 3.23. The first kappa shape index (κ1) is 58.2. The van der Waals surface area contributed by atoms with Gasteiger partial charge in [-0.2, -0.15) is 0 Å². The van der Waals surface area contributed by atoms with Gasteiger partial charge in [0.25, 0.3) is 0 Å². The lowest BCUT2D eigenvalue weighted by Gasteiger charge is -2.20. The van der Waals surface area contributed by atoms with Crippen molar-refractivity contribution in [1.29, 1.82) is 0 Å². The highest BCUT2D eigenvalue weighted by atomic mass is 31.2. The molecule has 0 fully saturated rings. The molecule has 352 valence electrons. The zero-order valence-electron chi connectivity index (χ0n) is 38.7. The number of carbonyl (C=O) groups is 1. The predicted molar refractivity (Wildman–Crippen MR) is 247 cm³/mol. The molecule has 0 heterocycles. The fourth-order valence-corrected chi connectivity index (χ4v) is 8.14. The smallest absolute Gasteiger partial charge is 0.457 e. The van der Waals surface area contributed by atoms with E-state index in [4.69, 9.17) is 23.6 Å². The van der Waals surface area contributed by atoms with Gasteiger partial charge >= 0.3 is 13.8 Å². The van der Waals surface area contributed by atoms with Crippen molar-refractivity contribution in [2.75, 3.05) is 33.0 Å². The molecule has 59 heavy (non-hydrogen) atoms. The third-order valence-electron chi connectivity index (χ3n) is 11.2. The number of aliphatic hydroxyl groups is 2. The maximum absolute atomic E-state index is 12.6. The number of phosphoric ester groups is 1. The van der Waals surface area contributed by atoms with E-state index in [1.807, 2.05) is 0 Å². The molecule has 3 atom stereocenters. The van der Waals surface area contributed by atoms with Gasteiger partial charge in [-0.05, 0) is 38.5 Å². The topological polar surface area (TPSA) is 132 Å². The molecule has 0 radical (unpaired) electrons. The normalized spacial score (nSPS) is 13.9. The second kappa shape index (κ2) is 46.7. The summed E-state index contributed by atoms with van der Waals surface area (Å²) in [5, 5.41) is 18.4. The first-order chi connectivity index (χ1) is 28.8. The summed E-state index contributed by atoms with van der Waals surface area (Å²) in [4.78, 5) is 22.6. The van der Waals surface area contributed by atoms with Crippen molar-refractivity contribution in [2.24, 2.45) is 0 Å². The van der Waals surface area contributed by atoms with E-state index in [0.29, 0.717) is 6.61 Å². The quantitative estimate of drug-likeness (QED) is 0.0237. The average molecular weight is 861 g/mol. The second-order valence-electron chi connectivity index (χ2n) is 17.2. The summed E-state index contributed by atoms with van der Waals surface area (Å²) in [6, 6.07) is 0. The van der Waals surface area contributed by atoms with Crippen molar-refractivity contribution in [2.45, 2.75) is 264 Å². The summed E-state index contributed by atoms with van der Waals surface area (Å²) in [6.07, 6.45) is 49.0. The molecule has 0 aromatic rings. The summed E-state index contributed by atoms with van der Waals surface area (Å²) in [6.45, 7) is 3.56. The van der Waals surface area contributed by atoms with Gasteiger partial charge in [-0.15, -0.1) is 0 Å². The Balaban J connectivity index is 4.01. The SMILES string of the molecule is CCCCCCCC/C=C\CCCCCCCC(=O)OC(COCCCCCCCCCCCCCCCCCCCCCCCCC)COP(=O)(O)OCC(O)CO. The molecule has 0 aromatic heterocycles. The van der Waals surface area contributed by atoms with Crippen LogP contribution in [0, 0.1) is 0 Å². The van der Waals surface area contributed by atoms with Crippen LogP contribution in [0.1, 0.15) is 251 Å². The lowest BCUT2D eigenvalue weighted by molar-refractivity contribution is -0.154. The van der Waals surface area contributed by atoms with Crippen LogP contribution in [0.25, 0.3) is 0 Å². The summed E-state index contributed by atoms with van der Waals surface area (Å²) in [5.74, 6) is -0.385. The van der Waals surface area contributed by atoms with Gasteiger partial charge in [0.15, 0.2) is 0 Å². The van der Waals surface area contributed by atoms with E-state index in [9.17, 15) is 19.4 Å². The van der Waals surface area contributed by atoms with E-state index in [-0.39, 0.29) is 25.6 Å². The molecule has 10 heteroatoms. The summed E-state index contributed by atoms with van der Waals surface area (Å²) < 4.78 is 33.5. The molecular weight excluding hydrogens is 764 g/mol. The van der Waals surface area contributed by atoms with Gasteiger partial charge in [0.05, 0.1) is 26.4 Å². The Labute approximate surface area is 364 Å². The van der Waals surface area contributed by atoms with Crippen LogP contribution in [0.5, 0.6) is 0 Å². The van der Waals surface area contributed by atoms with Gasteiger partial charge in [-0.3, -0.25) is 13.8 Å². The number of aliphatic hydroxyl groups excluding tert-OH is 2. The van der Waals surface area contributed by atoms with Gasteiger partial charge in [-0.1, -0.05) is 219 Å². The number of allylic oxidation sites excluding steroid dienone is 2. The van der Waals surface area contributed by atoms with Crippen LogP contribution in [0.2, 0.25) is 0 Å². The molecule has 0 aliphatic carbocycles. The lowest BCUT2D eigenvalue weighted by atomic mass is 10.0. The van der Waals surface area contributed by atoms with Crippen LogP contribution in [0.4, 0.5) is 0 Å². The van der Waals surface area contributed by atoms with Crippen molar-refractivity contribution in [3.05, 3.63) is 12.2 Å². The molecule has 0 aliphatic heterocycles. The van der Waals surface area contributed by atoms with E-state index in [1.165, 1.54) is 180 Å². The van der Waals surface area contributed by atoms with Crippen LogP contribution in [-0.4, -0.2) is 66.3 Å². The number of unbranched alkanes of at least 4 members (excludes halogenated alkanes) is 33. The Hall–Kier alpha value is -0.800. The Kier molecular flexibility index (Phi) is 46.1. The highest BCUT2D eigenvalue weighted by Crippen LogP contribution is 2.43. The molecule has 0 amide bonds. The maximum atomic E-state index is 12.6. The number of carbonyl (C=O) groups excluding carboxylic acids is 1. The second-order valence-corrected chi connectivity index (χ2v) is 18.6. The number of ether oxygens (including phenoxy) is 2. The van der Waals surface area contributed by atoms with Crippen molar-refractivity contribution in [3.8, 4) is 0 Å². The molecule has 9 nitrogen and oxygen atoms in total. The first-order valence-electron chi connectivity index (χ1n) is 25.2. The Morgan fingerprint density at radius 2 is 0.864 bits per heavy atom. The monoisotopic (exact) mass is 861 g/mol. The number of esters is 1. The predicted octanol–water partition coefficient (Wildman–Crippen LogP) is 14.4. The standard InChI is InChI=1S/C49H97O9P/c1-3-5-7-9-11-13-15-17-19-20-21-22-23-24-25-26-28-30-32-34-36-38-40-42-55-45-48(46-57-59(53,54)56-44-47(51)43-50)58-49(52)41-39-37-35-33-31-29-27-18-16-14-12-10-8-6-4-2/h18,27,47-48,50-51H,3-17,19-26,28-46H2,1-2H3,(H,53,54)/b27-18-. The van der Waals surface area contributed by atoms with Crippen LogP contribution in [0.3, 0.4) is 0 Å². The van der Waals surface area contributed by atoms with Gasteiger partial charge in [-0.25, -0.2) is 4.57 Å². The van der Waals surface area contributed by atoms with Gasteiger partial charge in [0.2, 0.25) is 0 Å². The summed E-state index contributed by atoms with van der Waals surface area (Å²) in [7, 11) is -4.52. The number of hydrogen-bond acceptors (Lipinski definition) is 8. The molecule has 0 rings (SSSR count). The van der Waals surface area contributed by atoms with E-state index in [2.05, 4.69) is 26.0 Å². The van der Waals surface area contributed by atoms with E-state index < -0.39 is 33.2 Å². The van der Waals surface area contributed by atoms with Gasteiger partial charge in [0, 0.05) is 13.0 Å². The Morgan fingerprint density at radius 1 is 0.508 bits per heavy atom. The lowest BCUT2D eigenvalue weighted by Crippen LogP contribution is -2.29. The maximum Gasteiger partial charge on any atom is 0.472 e. The molecule has 3 N–H and O–H groups in total. The molecular formula is C49H97O9P. The van der Waals surface area contributed by atoms with E-state index in [0.717, 1.165) is 51.4 Å². The Morgan fingerprint density at radius 3 is 1.27 bits per heavy atom. The van der Waals surface area contributed by atoms with Crippen molar-refractivity contribution in [3.63, 3.8) is 0 Å². The van der Waals surface area contributed by atoms with Gasteiger partial charge < -0.3 is 24.6 Å². The van der Waals surface area contributed by atoms with Crippen LogP contribution >= 0.6 is 7.82 Å². The fraction of sp³-hybridized carbons (Fsp3) is 0.939. The van der Waals surface area contributed by atoms with Crippen LogP contribution in [-0.2, 0) is 27.9 Å². The highest BCUT2D eigenvalue weighted by Gasteiger charge is 2.26. The van der Waals surface area contributed by atoms with Crippen LogP contribution < -0.4 is 0 Å². The number of rotatable bonds is 49. The minimum atomic E-state index is -4.52. The minimum absolute atomic E-state index is 0.0523. The third kappa shape index (κ3) is 46.5. The molecule has 3 unspecified atom stereocenters. The molecule has 0 aliphatic rings. The number of phosphoric acid groups is 1. The first-order valence-corrected chi connectivity index (χ1v) is 26.7. The summed E-state index contributed by atoms with van der Waals surface area (Å²) >= 11 is 0. The van der Waals surface area contributed by atoms with E-state index in [1.54, 1.807) is 0 Å². The molecule has 0 saturated heterocycles. The van der Waals surface area contributed by atoms with Crippen molar-refractivity contribution < 1.29 is 43.0 Å². The minimum Gasteiger partial charge on any atom is -0.457 e. The molecule has 0 bridgehead atoms. The molecule has 0 saturated carbocycles. The molecule has 0 spiro atoms. The van der Waals surface area contributed by atoms with E-state index >= 15 is 0 Å². The zero-order valence-corrected chi connectivity index (χ0v) is 39.6. The summed E-state index contributed by atoms with van der Waals surface area (Å²) in [5.41, 5.74) is 0. The van der Waals surface area contributed by atoms with Crippen molar-refractivity contribution in [1.82, 2.24) is 0 Å². The largest absolute Gasteiger partial charge is 0.472 e.